The summed E-state index contributed by atoms with van der Waals surface area (Å²) < 4.78 is 0. The highest BCUT2D eigenvalue weighted by atomic mass is 16.2. The first kappa shape index (κ1) is 22.2. The fourth-order valence-electron chi connectivity index (χ4n) is 4.92. The molecule has 27 heavy (non-hydrogen) atoms. The molecule has 0 bridgehead atoms. The molecule has 0 aromatic carbocycles. The Morgan fingerprint density at radius 2 is 1.56 bits per heavy atom. The van der Waals surface area contributed by atoms with E-state index in [-0.39, 0.29) is 17.9 Å². The zero-order valence-electron chi connectivity index (χ0n) is 18.0. The Balaban J connectivity index is 1.73. The maximum absolute atomic E-state index is 12.9. The van der Waals surface area contributed by atoms with Crippen LogP contribution in [0.4, 0.5) is 0 Å². The SMILES string of the molecule is CCC(CC)CN(CC)C(=O)C1CCC(NC(=O)CC2CCCCC2)CC1. The van der Waals surface area contributed by atoms with Crippen molar-refractivity contribution in [3.05, 3.63) is 0 Å². The zero-order chi connectivity index (χ0) is 19.6. The van der Waals surface area contributed by atoms with Crippen LogP contribution < -0.4 is 5.32 Å². The van der Waals surface area contributed by atoms with Crippen molar-refractivity contribution in [1.29, 1.82) is 0 Å². The largest absolute Gasteiger partial charge is 0.353 e. The minimum absolute atomic E-state index is 0.158. The maximum Gasteiger partial charge on any atom is 0.225 e. The van der Waals surface area contributed by atoms with Crippen LogP contribution in [-0.2, 0) is 9.59 Å². The molecule has 0 aromatic rings. The van der Waals surface area contributed by atoms with E-state index in [1.165, 1.54) is 32.1 Å². The highest BCUT2D eigenvalue weighted by Gasteiger charge is 2.30. The van der Waals surface area contributed by atoms with Gasteiger partial charge in [0.25, 0.3) is 0 Å². The van der Waals surface area contributed by atoms with Gasteiger partial charge < -0.3 is 10.2 Å². The summed E-state index contributed by atoms with van der Waals surface area (Å²) in [6, 6.07) is 0.277. The summed E-state index contributed by atoms with van der Waals surface area (Å²) in [6.45, 7) is 8.24. The second kappa shape index (κ2) is 11.7. The fraction of sp³-hybridized carbons (Fsp3) is 0.913. The molecule has 0 unspecified atom stereocenters. The van der Waals surface area contributed by atoms with Gasteiger partial charge in [-0.25, -0.2) is 0 Å². The Bertz CT molecular complexity index is 447. The number of nitrogens with zero attached hydrogens (tertiary/aromatic N) is 1. The molecule has 2 saturated carbocycles. The third-order valence-electron chi connectivity index (χ3n) is 6.97. The zero-order valence-corrected chi connectivity index (χ0v) is 18.0. The van der Waals surface area contributed by atoms with Crippen molar-refractivity contribution >= 4 is 11.8 Å². The summed E-state index contributed by atoms with van der Waals surface area (Å²) in [6.07, 6.45) is 13.1. The summed E-state index contributed by atoms with van der Waals surface area (Å²) in [5.74, 6) is 1.95. The average molecular weight is 379 g/mol. The quantitative estimate of drug-likeness (QED) is 0.619. The number of hydrogen-bond acceptors (Lipinski definition) is 2. The maximum atomic E-state index is 12.9. The first-order valence-corrected chi connectivity index (χ1v) is 11.6. The Morgan fingerprint density at radius 1 is 0.926 bits per heavy atom. The van der Waals surface area contributed by atoms with Gasteiger partial charge in [0.15, 0.2) is 0 Å². The summed E-state index contributed by atoms with van der Waals surface area (Å²) >= 11 is 0. The van der Waals surface area contributed by atoms with Gasteiger partial charge >= 0.3 is 0 Å². The molecule has 0 saturated heterocycles. The van der Waals surface area contributed by atoms with E-state index in [0.29, 0.717) is 24.2 Å². The summed E-state index contributed by atoms with van der Waals surface area (Å²) in [5.41, 5.74) is 0. The first-order chi connectivity index (χ1) is 13.1. The lowest BCUT2D eigenvalue weighted by atomic mass is 9.84. The van der Waals surface area contributed by atoms with Crippen molar-refractivity contribution in [3.8, 4) is 0 Å². The van der Waals surface area contributed by atoms with E-state index in [4.69, 9.17) is 0 Å². The number of nitrogens with one attached hydrogen (secondary N) is 1. The molecule has 0 spiro atoms. The van der Waals surface area contributed by atoms with Crippen molar-refractivity contribution in [2.75, 3.05) is 13.1 Å². The van der Waals surface area contributed by atoms with Crippen LogP contribution >= 0.6 is 0 Å². The molecule has 0 heterocycles. The summed E-state index contributed by atoms with van der Waals surface area (Å²) in [7, 11) is 0. The van der Waals surface area contributed by atoms with Gasteiger partial charge in [-0.1, -0.05) is 46.0 Å². The second-order valence-electron chi connectivity index (χ2n) is 8.88. The number of carbonyl (C=O) groups excluding carboxylic acids is 2. The molecule has 2 fully saturated rings. The Hall–Kier alpha value is -1.06. The molecule has 0 radical (unpaired) electrons. The van der Waals surface area contributed by atoms with Gasteiger partial charge in [0.2, 0.25) is 11.8 Å². The van der Waals surface area contributed by atoms with Gasteiger partial charge in [0, 0.05) is 31.5 Å². The van der Waals surface area contributed by atoms with E-state index >= 15 is 0 Å². The Labute approximate surface area is 166 Å². The Kier molecular flexibility index (Phi) is 9.64. The summed E-state index contributed by atoms with van der Waals surface area (Å²) in [4.78, 5) is 27.4. The Morgan fingerprint density at radius 3 is 2.11 bits per heavy atom. The lowest BCUT2D eigenvalue weighted by molar-refractivity contribution is -0.137. The van der Waals surface area contributed by atoms with E-state index < -0.39 is 0 Å². The number of hydrogen-bond donors (Lipinski definition) is 1. The van der Waals surface area contributed by atoms with Gasteiger partial charge in [0.05, 0.1) is 0 Å². The van der Waals surface area contributed by atoms with Gasteiger partial charge in [-0.3, -0.25) is 9.59 Å². The van der Waals surface area contributed by atoms with Gasteiger partial charge in [-0.2, -0.15) is 0 Å². The van der Waals surface area contributed by atoms with Gasteiger partial charge in [-0.15, -0.1) is 0 Å². The minimum atomic E-state index is 0.158. The van der Waals surface area contributed by atoms with Crippen molar-refractivity contribution in [3.63, 3.8) is 0 Å². The average Bonchev–Trinajstić information content (AvgIpc) is 2.70. The van der Waals surface area contributed by atoms with E-state index in [0.717, 1.165) is 51.6 Å². The third kappa shape index (κ3) is 7.12. The molecular weight excluding hydrogens is 336 g/mol. The van der Waals surface area contributed by atoms with E-state index in [9.17, 15) is 9.59 Å². The smallest absolute Gasteiger partial charge is 0.225 e. The lowest BCUT2D eigenvalue weighted by Gasteiger charge is -2.33. The standard InChI is InChI=1S/C23H42N2O2/c1-4-18(5-2)17-25(6-3)23(27)20-12-14-21(15-13-20)24-22(26)16-19-10-8-7-9-11-19/h18-21H,4-17H2,1-3H3,(H,24,26). The molecule has 2 rings (SSSR count). The summed E-state index contributed by atoms with van der Waals surface area (Å²) in [5, 5.41) is 3.26. The van der Waals surface area contributed by atoms with Gasteiger partial charge in [-0.05, 0) is 57.3 Å². The van der Waals surface area contributed by atoms with Crippen molar-refractivity contribution < 1.29 is 9.59 Å². The van der Waals surface area contributed by atoms with Crippen molar-refractivity contribution in [2.45, 2.75) is 104 Å². The predicted octanol–water partition coefficient (Wildman–Crippen LogP) is 4.92. The normalized spacial score (nSPS) is 24.0. The molecule has 4 heteroatoms. The topological polar surface area (TPSA) is 49.4 Å². The second-order valence-corrected chi connectivity index (χ2v) is 8.88. The van der Waals surface area contributed by atoms with E-state index in [2.05, 4.69) is 31.0 Å². The molecule has 2 amide bonds. The van der Waals surface area contributed by atoms with E-state index in [1.807, 2.05) is 0 Å². The van der Waals surface area contributed by atoms with Gasteiger partial charge in [0.1, 0.15) is 0 Å². The molecule has 1 N–H and O–H groups in total. The molecular formula is C23H42N2O2. The molecule has 2 aliphatic carbocycles. The van der Waals surface area contributed by atoms with Crippen LogP contribution in [0, 0.1) is 17.8 Å². The van der Waals surface area contributed by atoms with E-state index in [1.54, 1.807) is 0 Å². The lowest BCUT2D eigenvalue weighted by Crippen LogP contribution is -2.43. The third-order valence-corrected chi connectivity index (χ3v) is 6.97. The van der Waals surface area contributed by atoms with Crippen molar-refractivity contribution in [2.24, 2.45) is 17.8 Å². The van der Waals surface area contributed by atoms with Crippen LogP contribution in [0.5, 0.6) is 0 Å². The monoisotopic (exact) mass is 378 g/mol. The highest BCUT2D eigenvalue weighted by molar-refractivity contribution is 5.79. The van der Waals surface area contributed by atoms with Crippen LogP contribution in [0.25, 0.3) is 0 Å². The van der Waals surface area contributed by atoms with Crippen LogP contribution in [0.15, 0.2) is 0 Å². The number of amides is 2. The van der Waals surface area contributed by atoms with Crippen LogP contribution in [-0.4, -0.2) is 35.8 Å². The number of carbonyl (C=O) groups is 2. The van der Waals surface area contributed by atoms with Crippen LogP contribution in [0.1, 0.15) is 97.8 Å². The molecule has 0 aromatic heterocycles. The fourth-order valence-corrected chi connectivity index (χ4v) is 4.92. The first-order valence-electron chi connectivity index (χ1n) is 11.6. The molecule has 2 aliphatic rings. The van der Waals surface area contributed by atoms with Crippen molar-refractivity contribution in [1.82, 2.24) is 10.2 Å². The molecule has 4 nitrogen and oxygen atoms in total. The molecule has 0 aliphatic heterocycles. The van der Waals surface area contributed by atoms with Crippen LogP contribution in [0.2, 0.25) is 0 Å². The highest BCUT2D eigenvalue weighted by Crippen LogP contribution is 2.28. The molecule has 0 atom stereocenters. The minimum Gasteiger partial charge on any atom is -0.353 e. The van der Waals surface area contributed by atoms with Crippen LogP contribution in [0.3, 0.4) is 0 Å². The molecule has 156 valence electrons. The predicted molar refractivity (Wildman–Crippen MR) is 111 cm³/mol. The number of rotatable bonds is 9.